The first-order valence-electron chi connectivity index (χ1n) is 6.18. The molecule has 0 spiro atoms. The Balaban J connectivity index is 3.51. The van der Waals surface area contributed by atoms with Gasteiger partial charge in [0.1, 0.15) is 11.6 Å². The average molecular weight is 306 g/mol. The second kappa shape index (κ2) is 7.64. The molecule has 0 radical (unpaired) electrons. The summed E-state index contributed by atoms with van der Waals surface area (Å²) in [5, 5.41) is 20.3. The molecule has 0 aromatic heterocycles. The molecule has 0 bridgehead atoms. The summed E-state index contributed by atoms with van der Waals surface area (Å²) < 4.78 is 14.7. The third-order valence-corrected chi connectivity index (χ3v) is 2.65. The van der Waals surface area contributed by atoms with Crippen molar-refractivity contribution < 1.29 is 23.9 Å². The first-order valence-corrected chi connectivity index (χ1v) is 6.18. The Morgan fingerprint density at radius 2 is 2.09 bits per heavy atom. The smallest absolute Gasteiger partial charge is 0.348 e. The Kier molecular flexibility index (Phi) is 5.89. The van der Waals surface area contributed by atoms with Gasteiger partial charge in [-0.2, -0.15) is 5.26 Å². The van der Waals surface area contributed by atoms with Crippen molar-refractivity contribution in [1.29, 1.82) is 5.26 Å². The maximum atomic E-state index is 11.6. The number of hydrogen-bond donors (Lipinski definition) is 0. The third-order valence-electron chi connectivity index (χ3n) is 2.65. The van der Waals surface area contributed by atoms with Gasteiger partial charge in [0.25, 0.3) is 0 Å². The van der Waals surface area contributed by atoms with Crippen LogP contribution in [0.15, 0.2) is 17.7 Å². The molecule has 1 aromatic carbocycles. The van der Waals surface area contributed by atoms with E-state index < -0.39 is 16.6 Å². The van der Waals surface area contributed by atoms with Crippen LogP contribution in [-0.2, 0) is 9.53 Å². The normalized spacial score (nSPS) is 10.5. The number of hydrogen-bond acceptors (Lipinski definition) is 7. The highest BCUT2D eigenvalue weighted by atomic mass is 16.6. The number of carbonyl (C=O) groups excluding carboxylic acids is 1. The van der Waals surface area contributed by atoms with Crippen molar-refractivity contribution >= 4 is 17.7 Å². The summed E-state index contributed by atoms with van der Waals surface area (Å²) in [5.74, 6) is -0.780. The third kappa shape index (κ3) is 3.52. The fraction of sp³-hybridized carbons (Fsp3) is 0.286. The van der Waals surface area contributed by atoms with E-state index >= 15 is 0 Å². The minimum atomic E-state index is -0.853. The van der Waals surface area contributed by atoms with E-state index in [4.69, 9.17) is 19.5 Å². The van der Waals surface area contributed by atoms with Crippen LogP contribution in [0, 0.1) is 21.4 Å². The first kappa shape index (κ1) is 17.0. The van der Waals surface area contributed by atoms with Gasteiger partial charge in [0.05, 0.1) is 31.3 Å². The largest absolute Gasteiger partial charge is 0.493 e. The van der Waals surface area contributed by atoms with E-state index in [2.05, 4.69) is 0 Å². The number of benzene rings is 1. The van der Waals surface area contributed by atoms with Gasteiger partial charge in [0.2, 0.25) is 5.75 Å². The Labute approximate surface area is 126 Å². The van der Waals surface area contributed by atoms with Crippen LogP contribution in [0.5, 0.6) is 11.5 Å². The van der Waals surface area contributed by atoms with E-state index in [0.717, 1.165) is 6.08 Å². The van der Waals surface area contributed by atoms with Gasteiger partial charge in [-0.05, 0) is 25.1 Å². The second-order valence-electron chi connectivity index (χ2n) is 3.89. The lowest BCUT2D eigenvalue weighted by Crippen LogP contribution is -2.06. The summed E-state index contributed by atoms with van der Waals surface area (Å²) in [6, 6.07) is 4.46. The highest BCUT2D eigenvalue weighted by Gasteiger charge is 2.25. The minimum Gasteiger partial charge on any atom is -0.493 e. The van der Waals surface area contributed by atoms with Crippen molar-refractivity contribution in [3.05, 3.63) is 33.4 Å². The Bertz CT molecular complexity index is 660. The fourth-order valence-electron chi connectivity index (χ4n) is 1.73. The molecule has 116 valence electrons. The Morgan fingerprint density at radius 1 is 1.41 bits per heavy atom. The van der Waals surface area contributed by atoms with Crippen molar-refractivity contribution in [1.82, 2.24) is 0 Å². The molecular formula is C14H14N2O6. The molecule has 0 fully saturated rings. The molecule has 0 heterocycles. The number of nitro benzene ring substituents is 1. The molecule has 0 aliphatic carbocycles. The van der Waals surface area contributed by atoms with Crippen LogP contribution in [0.1, 0.15) is 12.5 Å². The molecule has 0 unspecified atom stereocenters. The van der Waals surface area contributed by atoms with E-state index in [-0.39, 0.29) is 29.2 Å². The van der Waals surface area contributed by atoms with Gasteiger partial charge >= 0.3 is 11.7 Å². The van der Waals surface area contributed by atoms with Gasteiger partial charge in [-0.3, -0.25) is 10.1 Å². The number of ether oxygens (including phenoxy) is 3. The van der Waals surface area contributed by atoms with Crippen LogP contribution in [0.3, 0.4) is 0 Å². The van der Waals surface area contributed by atoms with Crippen molar-refractivity contribution in [2.24, 2.45) is 0 Å². The van der Waals surface area contributed by atoms with Crippen molar-refractivity contribution in [3.8, 4) is 17.6 Å². The highest BCUT2D eigenvalue weighted by Crippen LogP contribution is 2.40. The first-order chi connectivity index (χ1) is 10.5. The van der Waals surface area contributed by atoms with Gasteiger partial charge < -0.3 is 14.2 Å². The summed E-state index contributed by atoms with van der Waals surface area (Å²) >= 11 is 0. The van der Waals surface area contributed by atoms with E-state index in [9.17, 15) is 14.9 Å². The number of nitrogens with zero attached hydrogens (tertiary/aromatic N) is 2. The zero-order valence-corrected chi connectivity index (χ0v) is 12.3. The molecule has 8 nitrogen and oxygen atoms in total. The second-order valence-corrected chi connectivity index (χ2v) is 3.89. The fourth-order valence-corrected chi connectivity index (χ4v) is 1.73. The molecule has 0 saturated heterocycles. The predicted octanol–water partition coefficient (Wildman–Crippen LogP) is 2.08. The lowest BCUT2D eigenvalue weighted by atomic mass is 10.1. The molecule has 1 rings (SSSR count). The van der Waals surface area contributed by atoms with Crippen molar-refractivity contribution in [2.45, 2.75) is 6.92 Å². The van der Waals surface area contributed by atoms with Crippen LogP contribution in [0.4, 0.5) is 5.69 Å². The molecular weight excluding hydrogens is 292 g/mol. The van der Waals surface area contributed by atoms with Gasteiger partial charge in [-0.15, -0.1) is 0 Å². The van der Waals surface area contributed by atoms with Crippen LogP contribution in [-0.4, -0.2) is 31.7 Å². The molecule has 0 amide bonds. The Morgan fingerprint density at radius 3 is 2.55 bits per heavy atom. The zero-order valence-electron chi connectivity index (χ0n) is 12.3. The van der Waals surface area contributed by atoms with Gasteiger partial charge in [0, 0.05) is 0 Å². The predicted molar refractivity (Wildman–Crippen MR) is 76.4 cm³/mol. The van der Waals surface area contributed by atoms with Crippen LogP contribution in [0.25, 0.3) is 6.08 Å². The van der Waals surface area contributed by atoms with E-state index in [1.54, 1.807) is 13.0 Å². The summed E-state index contributed by atoms with van der Waals surface area (Å²) in [6.07, 6.45) is 1.08. The highest BCUT2D eigenvalue weighted by molar-refractivity contribution is 5.98. The minimum absolute atomic E-state index is 0.0345. The maximum Gasteiger partial charge on any atom is 0.348 e. The Hall–Kier alpha value is -3.08. The summed E-state index contributed by atoms with van der Waals surface area (Å²) in [7, 11) is 2.60. The van der Waals surface area contributed by atoms with Gasteiger partial charge in [0.15, 0.2) is 5.75 Å². The van der Waals surface area contributed by atoms with E-state index in [1.165, 1.54) is 26.4 Å². The molecule has 0 saturated carbocycles. The topological polar surface area (TPSA) is 112 Å². The monoisotopic (exact) mass is 306 g/mol. The molecule has 0 N–H and O–H groups in total. The lowest BCUT2D eigenvalue weighted by Gasteiger charge is -2.09. The van der Waals surface area contributed by atoms with E-state index in [1.807, 2.05) is 0 Å². The number of methoxy groups -OCH3 is 2. The van der Waals surface area contributed by atoms with Gasteiger partial charge in [-0.1, -0.05) is 0 Å². The molecule has 1 aromatic rings. The van der Waals surface area contributed by atoms with Crippen LogP contribution < -0.4 is 9.47 Å². The SMILES string of the molecule is CCOC(=O)/C(C#N)=C/c1ccc(OC)c(OC)c1[N+](=O)[O-]. The quantitative estimate of drug-likeness (QED) is 0.260. The van der Waals surface area contributed by atoms with Crippen molar-refractivity contribution in [3.63, 3.8) is 0 Å². The lowest BCUT2D eigenvalue weighted by molar-refractivity contribution is -0.386. The molecule has 0 aliphatic heterocycles. The average Bonchev–Trinajstić information content (AvgIpc) is 2.51. The number of carbonyl (C=O) groups is 1. The standard InChI is InChI=1S/C14H14N2O6/c1-4-22-14(17)10(8-15)7-9-5-6-11(20-2)13(21-3)12(9)16(18)19/h5-7H,4H2,1-3H3/b10-7+. The summed E-state index contributed by atoms with van der Waals surface area (Å²) in [5.41, 5.74) is -0.719. The summed E-state index contributed by atoms with van der Waals surface area (Å²) in [4.78, 5) is 22.2. The molecule has 22 heavy (non-hydrogen) atoms. The molecule has 0 atom stereocenters. The number of rotatable bonds is 6. The molecule has 0 aliphatic rings. The number of nitro groups is 1. The van der Waals surface area contributed by atoms with Crippen molar-refractivity contribution in [2.75, 3.05) is 20.8 Å². The summed E-state index contributed by atoms with van der Waals surface area (Å²) in [6.45, 7) is 1.68. The van der Waals surface area contributed by atoms with Crippen LogP contribution >= 0.6 is 0 Å². The molecule has 8 heteroatoms. The van der Waals surface area contributed by atoms with E-state index in [0.29, 0.717) is 0 Å². The zero-order chi connectivity index (χ0) is 16.7. The maximum absolute atomic E-state index is 11.6. The number of esters is 1. The number of nitriles is 1. The van der Waals surface area contributed by atoms with Crippen LogP contribution in [0.2, 0.25) is 0 Å². The van der Waals surface area contributed by atoms with Gasteiger partial charge in [-0.25, -0.2) is 4.79 Å².